The number of ether oxygens (including phenoxy) is 3. The summed E-state index contributed by atoms with van der Waals surface area (Å²) in [5.74, 6) is 1.19. The number of hydrogen-bond donors (Lipinski definition) is 0. The summed E-state index contributed by atoms with van der Waals surface area (Å²) in [5, 5.41) is 0. The van der Waals surface area contributed by atoms with E-state index in [-0.39, 0.29) is 5.78 Å². The van der Waals surface area contributed by atoms with Crippen LogP contribution in [0.2, 0.25) is 0 Å². The SMILES string of the molecule is CCCCOc1ccc(/C=C/C(=O)Oc2ccc(C(C)=O)cc2)cc1OCC. The number of unbranched alkanes of at least 4 members (excludes halogenated alkanes) is 1. The fourth-order valence-corrected chi connectivity index (χ4v) is 2.41. The molecular formula is C23H26O5. The van der Waals surface area contributed by atoms with Gasteiger partial charge in [0.05, 0.1) is 13.2 Å². The van der Waals surface area contributed by atoms with Gasteiger partial charge in [-0.2, -0.15) is 0 Å². The van der Waals surface area contributed by atoms with Gasteiger partial charge in [-0.15, -0.1) is 0 Å². The van der Waals surface area contributed by atoms with Crippen molar-refractivity contribution in [3.63, 3.8) is 0 Å². The molecule has 0 saturated carbocycles. The van der Waals surface area contributed by atoms with Crippen LogP contribution < -0.4 is 14.2 Å². The Morgan fingerprint density at radius 2 is 1.71 bits per heavy atom. The number of ketones is 1. The monoisotopic (exact) mass is 382 g/mol. The van der Waals surface area contributed by atoms with Crippen molar-refractivity contribution in [3.8, 4) is 17.2 Å². The van der Waals surface area contributed by atoms with Gasteiger partial charge >= 0.3 is 5.97 Å². The molecule has 0 spiro atoms. The minimum Gasteiger partial charge on any atom is -0.490 e. The molecule has 0 unspecified atom stereocenters. The lowest BCUT2D eigenvalue weighted by Gasteiger charge is -2.12. The summed E-state index contributed by atoms with van der Waals surface area (Å²) in [6.07, 6.45) is 5.04. The molecule has 0 aliphatic heterocycles. The summed E-state index contributed by atoms with van der Waals surface area (Å²) in [6.45, 7) is 6.67. The van der Waals surface area contributed by atoms with Crippen LogP contribution >= 0.6 is 0 Å². The molecule has 0 fully saturated rings. The third kappa shape index (κ3) is 6.58. The molecular weight excluding hydrogens is 356 g/mol. The number of benzene rings is 2. The largest absolute Gasteiger partial charge is 0.490 e. The molecule has 0 bridgehead atoms. The molecule has 2 aromatic carbocycles. The minimum atomic E-state index is -0.503. The van der Waals surface area contributed by atoms with Gasteiger partial charge in [0.2, 0.25) is 0 Å². The number of esters is 1. The zero-order valence-electron chi connectivity index (χ0n) is 16.6. The van der Waals surface area contributed by atoms with E-state index in [4.69, 9.17) is 14.2 Å². The van der Waals surface area contributed by atoms with Gasteiger partial charge in [0.15, 0.2) is 17.3 Å². The van der Waals surface area contributed by atoms with E-state index in [0.717, 1.165) is 18.4 Å². The van der Waals surface area contributed by atoms with Crippen LogP contribution in [0, 0.1) is 0 Å². The molecule has 5 heteroatoms. The van der Waals surface area contributed by atoms with Gasteiger partial charge in [-0.3, -0.25) is 4.79 Å². The third-order valence-electron chi connectivity index (χ3n) is 3.91. The van der Waals surface area contributed by atoms with Crippen LogP contribution in [0.3, 0.4) is 0 Å². The Morgan fingerprint density at radius 1 is 0.964 bits per heavy atom. The molecule has 148 valence electrons. The fraction of sp³-hybridized carbons (Fsp3) is 0.304. The average molecular weight is 382 g/mol. The molecule has 0 saturated heterocycles. The highest BCUT2D eigenvalue weighted by molar-refractivity contribution is 5.94. The van der Waals surface area contributed by atoms with Crippen molar-refractivity contribution in [2.75, 3.05) is 13.2 Å². The summed E-state index contributed by atoms with van der Waals surface area (Å²) >= 11 is 0. The molecule has 2 rings (SSSR count). The number of hydrogen-bond acceptors (Lipinski definition) is 5. The first-order valence-corrected chi connectivity index (χ1v) is 9.44. The summed E-state index contributed by atoms with van der Waals surface area (Å²) < 4.78 is 16.6. The Bertz CT molecular complexity index is 821. The first-order chi connectivity index (χ1) is 13.5. The predicted octanol–water partition coefficient (Wildman–Crippen LogP) is 5.09. The van der Waals surface area contributed by atoms with Crippen molar-refractivity contribution in [3.05, 3.63) is 59.7 Å². The van der Waals surface area contributed by atoms with Gasteiger partial charge in [0.1, 0.15) is 5.75 Å². The third-order valence-corrected chi connectivity index (χ3v) is 3.91. The molecule has 0 aliphatic rings. The molecule has 0 amide bonds. The van der Waals surface area contributed by atoms with Crippen LogP contribution in [0.15, 0.2) is 48.5 Å². The van der Waals surface area contributed by atoms with Gasteiger partial charge < -0.3 is 14.2 Å². The van der Waals surface area contributed by atoms with Crippen molar-refractivity contribution in [1.29, 1.82) is 0 Å². The van der Waals surface area contributed by atoms with E-state index in [1.54, 1.807) is 30.3 Å². The predicted molar refractivity (Wildman–Crippen MR) is 109 cm³/mol. The van der Waals surface area contributed by atoms with E-state index >= 15 is 0 Å². The quantitative estimate of drug-likeness (QED) is 0.188. The van der Waals surface area contributed by atoms with Crippen molar-refractivity contribution in [2.45, 2.75) is 33.6 Å². The number of carbonyl (C=O) groups excluding carboxylic acids is 2. The molecule has 2 aromatic rings. The highest BCUT2D eigenvalue weighted by Gasteiger charge is 2.07. The number of carbonyl (C=O) groups is 2. The molecule has 5 nitrogen and oxygen atoms in total. The van der Waals surface area contributed by atoms with E-state index in [0.29, 0.717) is 36.0 Å². The fourth-order valence-electron chi connectivity index (χ4n) is 2.41. The summed E-state index contributed by atoms with van der Waals surface area (Å²) in [6, 6.07) is 12.0. The van der Waals surface area contributed by atoms with Crippen molar-refractivity contribution in [1.82, 2.24) is 0 Å². The van der Waals surface area contributed by atoms with Gasteiger partial charge in [0, 0.05) is 11.6 Å². The molecule has 0 aliphatic carbocycles. The average Bonchev–Trinajstić information content (AvgIpc) is 2.68. The molecule has 28 heavy (non-hydrogen) atoms. The molecule has 0 heterocycles. The van der Waals surface area contributed by atoms with Gasteiger partial charge in [-0.25, -0.2) is 4.79 Å². The lowest BCUT2D eigenvalue weighted by molar-refractivity contribution is -0.128. The summed E-state index contributed by atoms with van der Waals surface area (Å²) in [4.78, 5) is 23.3. The molecule has 0 atom stereocenters. The van der Waals surface area contributed by atoms with Crippen LogP contribution in [0.1, 0.15) is 49.5 Å². The smallest absolute Gasteiger partial charge is 0.336 e. The number of Topliss-reactive ketones (excluding diaryl/α,β-unsaturated/α-hetero) is 1. The Morgan fingerprint density at radius 3 is 2.36 bits per heavy atom. The standard InChI is InChI=1S/C23H26O5/c1-4-6-15-27-21-13-7-18(16-22(21)26-5-2)8-14-23(25)28-20-11-9-19(10-12-20)17(3)24/h7-14,16H,4-6,15H2,1-3H3/b14-8+. The van der Waals surface area contributed by atoms with E-state index in [1.165, 1.54) is 13.0 Å². The zero-order chi connectivity index (χ0) is 20.4. The number of rotatable bonds is 10. The summed E-state index contributed by atoms with van der Waals surface area (Å²) in [7, 11) is 0. The van der Waals surface area contributed by atoms with Crippen molar-refractivity contribution >= 4 is 17.8 Å². The van der Waals surface area contributed by atoms with Crippen LogP contribution in [0.5, 0.6) is 17.2 Å². The highest BCUT2D eigenvalue weighted by atomic mass is 16.5. The second kappa shape index (κ2) is 10.9. The Labute approximate surface area is 165 Å². The normalized spacial score (nSPS) is 10.7. The Balaban J connectivity index is 2.02. The maximum absolute atomic E-state index is 12.0. The first kappa shape index (κ1) is 21.2. The second-order valence-corrected chi connectivity index (χ2v) is 6.18. The van der Waals surface area contributed by atoms with Crippen molar-refractivity contribution in [2.24, 2.45) is 0 Å². The van der Waals surface area contributed by atoms with Crippen LogP contribution in [0.4, 0.5) is 0 Å². The summed E-state index contributed by atoms with van der Waals surface area (Å²) in [5.41, 5.74) is 1.37. The Hall–Kier alpha value is -3.08. The van der Waals surface area contributed by atoms with Gasteiger partial charge in [-0.05, 0) is 68.3 Å². The molecule has 0 aromatic heterocycles. The maximum Gasteiger partial charge on any atom is 0.336 e. The minimum absolute atomic E-state index is 0.0370. The van der Waals surface area contributed by atoms with Crippen LogP contribution in [-0.2, 0) is 4.79 Å². The molecule has 0 N–H and O–H groups in total. The van der Waals surface area contributed by atoms with Gasteiger partial charge in [0.25, 0.3) is 0 Å². The van der Waals surface area contributed by atoms with E-state index < -0.39 is 5.97 Å². The van der Waals surface area contributed by atoms with E-state index in [1.807, 2.05) is 25.1 Å². The van der Waals surface area contributed by atoms with E-state index in [2.05, 4.69) is 6.92 Å². The lowest BCUT2D eigenvalue weighted by atomic mass is 10.1. The first-order valence-electron chi connectivity index (χ1n) is 9.44. The van der Waals surface area contributed by atoms with Crippen LogP contribution in [-0.4, -0.2) is 25.0 Å². The molecule has 0 radical (unpaired) electrons. The topological polar surface area (TPSA) is 61.8 Å². The van der Waals surface area contributed by atoms with E-state index in [9.17, 15) is 9.59 Å². The maximum atomic E-state index is 12.0. The highest BCUT2D eigenvalue weighted by Crippen LogP contribution is 2.29. The zero-order valence-corrected chi connectivity index (χ0v) is 16.6. The van der Waals surface area contributed by atoms with Crippen LogP contribution in [0.25, 0.3) is 6.08 Å². The van der Waals surface area contributed by atoms with Crippen molar-refractivity contribution < 1.29 is 23.8 Å². The lowest BCUT2D eigenvalue weighted by Crippen LogP contribution is -2.04. The second-order valence-electron chi connectivity index (χ2n) is 6.18. The van der Waals surface area contributed by atoms with Gasteiger partial charge in [-0.1, -0.05) is 19.4 Å². The Kier molecular flexibility index (Phi) is 8.28.